The molecule has 0 spiro atoms. The van der Waals surface area contributed by atoms with Crippen molar-refractivity contribution in [2.75, 3.05) is 6.54 Å². The fourth-order valence-corrected chi connectivity index (χ4v) is 1.24. The van der Waals surface area contributed by atoms with Gasteiger partial charge in [0.1, 0.15) is 0 Å². The third kappa shape index (κ3) is 2.93. The van der Waals surface area contributed by atoms with E-state index in [1.807, 2.05) is 24.3 Å². The predicted octanol–water partition coefficient (Wildman–Crippen LogP) is 1.31. The Morgan fingerprint density at radius 2 is 1.92 bits per heavy atom. The predicted molar refractivity (Wildman–Crippen MR) is 52.9 cm³/mol. The zero-order valence-electron chi connectivity index (χ0n) is 6.70. The second kappa shape index (κ2) is 4.60. The summed E-state index contributed by atoms with van der Waals surface area (Å²) in [5.41, 5.74) is 6.40. The Kier molecular flexibility index (Phi) is 3.72. The van der Waals surface area contributed by atoms with Gasteiger partial charge in [0.05, 0.1) is 6.10 Å². The second-order valence-electron chi connectivity index (χ2n) is 2.72. The molecule has 0 radical (unpaired) electrons. The Bertz CT molecular complexity index is 235. The molecule has 66 valence electrons. The van der Waals surface area contributed by atoms with Crippen molar-refractivity contribution in [3.05, 3.63) is 34.3 Å². The Hall–Kier alpha value is -0.380. The van der Waals surface area contributed by atoms with E-state index in [9.17, 15) is 5.11 Å². The van der Waals surface area contributed by atoms with Gasteiger partial charge in [-0.1, -0.05) is 28.1 Å². The lowest BCUT2D eigenvalue weighted by molar-refractivity contribution is 0.183. The standard InChI is InChI=1S/C9H12BrNO/c10-8-3-1-7(2-4-8)5-9(12)6-11/h1-4,9,12H,5-6,11H2. The van der Waals surface area contributed by atoms with Crippen LogP contribution in [0.1, 0.15) is 5.56 Å². The second-order valence-corrected chi connectivity index (χ2v) is 3.64. The summed E-state index contributed by atoms with van der Waals surface area (Å²) in [6, 6.07) is 7.86. The van der Waals surface area contributed by atoms with Crippen LogP contribution in [0.15, 0.2) is 28.7 Å². The van der Waals surface area contributed by atoms with Crippen LogP contribution >= 0.6 is 15.9 Å². The van der Waals surface area contributed by atoms with E-state index in [1.165, 1.54) is 0 Å². The largest absolute Gasteiger partial charge is 0.391 e. The number of rotatable bonds is 3. The average molecular weight is 230 g/mol. The summed E-state index contributed by atoms with van der Waals surface area (Å²) in [6.07, 6.45) is 0.204. The molecule has 1 aromatic rings. The normalized spacial score (nSPS) is 12.9. The van der Waals surface area contributed by atoms with Crippen molar-refractivity contribution in [1.82, 2.24) is 0 Å². The molecule has 3 N–H and O–H groups in total. The molecule has 1 unspecified atom stereocenters. The monoisotopic (exact) mass is 229 g/mol. The van der Waals surface area contributed by atoms with Gasteiger partial charge in [-0.2, -0.15) is 0 Å². The van der Waals surface area contributed by atoms with Crippen molar-refractivity contribution in [2.24, 2.45) is 5.73 Å². The molecule has 12 heavy (non-hydrogen) atoms. The van der Waals surface area contributed by atoms with E-state index >= 15 is 0 Å². The number of hydrogen-bond donors (Lipinski definition) is 2. The molecule has 3 heteroatoms. The lowest BCUT2D eigenvalue weighted by atomic mass is 10.1. The highest BCUT2D eigenvalue weighted by atomic mass is 79.9. The van der Waals surface area contributed by atoms with Crippen LogP contribution in [-0.4, -0.2) is 17.8 Å². The summed E-state index contributed by atoms with van der Waals surface area (Å²) in [5.74, 6) is 0. The smallest absolute Gasteiger partial charge is 0.0702 e. The molecule has 0 fully saturated rings. The van der Waals surface area contributed by atoms with E-state index in [1.54, 1.807) is 0 Å². The van der Waals surface area contributed by atoms with Gasteiger partial charge < -0.3 is 10.8 Å². The van der Waals surface area contributed by atoms with Gasteiger partial charge in [0.15, 0.2) is 0 Å². The summed E-state index contributed by atoms with van der Waals surface area (Å²) >= 11 is 3.34. The minimum atomic E-state index is -0.425. The van der Waals surface area contributed by atoms with E-state index < -0.39 is 6.10 Å². The first-order valence-electron chi connectivity index (χ1n) is 3.85. The summed E-state index contributed by atoms with van der Waals surface area (Å²) in [7, 11) is 0. The van der Waals surface area contributed by atoms with Gasteiger partial charge in [-0.3, -0.25) is 0 Å². The van der Waals surface area contributed by atoms with Gasteiger partial charge in [0.25, 0.3) is 0 Å². The summed E-state index contributed by atoms with van der Waals surface area (Å²) in [5, 5.41) is 9.24. The molecule has 0 amide bonds. The fraction of sp³-hybridized carbons (Fsp3) is 0.333. The number of aliphatic hydroxyl groups excluding tert-OH is 1. The van der Waals surface area contributed by atoms with Crippen molar-refractivity contribution in [1.29, 1.82) is 0 Å². The topological polar surface area (TPSA) is 46.2 Å². The Balaban J connectivity index is 2.58. The fourth-order valence-electron chi connectivity index (χ4n) is 0.976. The maximum absolute atomic E-state index is 9.24. The zero-order valence-corrected chi connectivity index (χ0v) is 8.29. The van der Waals surface area contributed by atoms with Crippen LogP contribution in [0.2, 0.25) is 0 Å². The van der Waals surface area contributed by atoms with E-state index in [0.717, 1.165) is 10.0 Å². The molecule has 1 atom stereocenters. The minimum Gasteiger partial charge on any atom is -0.391 e. The first-order chi connectivity index (χ1) is 5.72. The van der Waals surface area contributed by atoms with Gasteiger partial charge in [0, 0.05) is 11.0 Å². The number of halogens is 1. The van der Waals surface area contributed by atoms with Crippen molar-refractivity contribution in [3.8, 4) is 0 Å². The van der Waals surface area contributed by atoms with Gasteiger partial charge in [-0.15, -0.1) is 0 Å². The molecule has 0 aromatic heterocycles. The minimum absolute atomic E-state index is 0.316. The summed E-state index contributed by atoms with van der Waals surface area (Å²) in [6.45, 7) is 0.316. The van der Waals surface area contributed by atoms with E-state index in [0.29, 0.717) is 13.0 Å². The quantitative estimate of drug-likeness (QED) is 0.822. The average Bonchev–Trinajstić information content (AvgIpc) is 2.09. The van der Waals surface area contributed by atoms with Crippen LogP contribution in [-0.2, 0) is 6.42 Å². The highest BCUT2D eigenvalue weighted by Crippen LogP contribution is 2.11. The molecular weight excluding hydrogens is 218 g/mol. The molecule has 1 rings (SSSR count). The maximum Gasteiger partial charge on any atom is 0.0702 e. The maximum atomic E-state index is 9.24. The lowest BCUT2D eigenvalue weighted by Gasteiger charge is -2.06. The Morgan fingerprint density at radius 1 is 1.33 bits per heavy atom. The molecule has 0 aliphatic carbocycles. The first-order valence-corrected chi connectivity index (χ1v) is 4.64. The van der Waals surface area contributed by atoms with Crippen molar-refractivity contribution < 1.29 is 5.11 Å². The van der Waals surface area contributed by atoms with Gasteiger partial charge in [-0.05, 0) is 24.1 Å². The van der Waals surface area contributed by atoms with Crippen LogP contribution in [0.25, 0.3) is 0 Å². The molecule has 0 bridgehead atoms. The molecular formula is C9H12BrNO. The van der Waals surface area contributed by atoms with Crippen molar-refractivity contribution >= 4 is 15.9 Å². The Labute approximate surface area is 80.5 Å². The number of nitrogens with two attached hydrogens (primary N) is 1. The van der Waals surface area contributed by atoms with Gasteiger partial charge in [0.2, 0.25) is 0 Å². The molecule has 0 saturated heterocycles. The van der Waals surface area contributed by atoms with Gasteiger partial charge in [-0.25, -0.2) is 0 Å². The molecule has 2 nitrogen and oxygen atoms in total. The number of hydrogen-bond acceptors (Lipinski definition) is 2. The molecule has 1 aromatic carbocycles. The third-order valence-corrected chi connectivity index (χ3v) is 2.19. The van der Waals surface area contributed by atoms with Crippen LogP contribution in [0.3, 0.4) is 0 Å². The third-order valence-electron chi connectivity index (χ3n) is 1.66. The van der Waals surface area contributed by atoms with Crippen LogP contribution in [0.4, 0.5) is 0 Å². The number of benzene rings is 1. The molecule has 0 saturated carbocycles. The van der Waals surface area contributed by atoms with Crippen LogP contribution in [0, 0.1) is 0 Å². The van der Waals surface area contributed by atoms with Crippen LogP contribution < -0.4 is 5.73 Å². The van der Waals surface area contributed by atoms with Crippen LogP contribution in [0.5, 0.6) is 0 Å². The molecule has 0 aliphatic heterocycles. The number of aliphatic hydroxyl groups is 1. The summed E-state index contributed by atoms with van der Waals surface area (Å²) in [4.78, 5) is 0. The highest BCUT2D eigenvalue weighted by molar-refractivity contribution is 9.10. The molecule has 0 heterocycles. The highest BCUT2D eigenvalue weighted by Gasteiger charge is 2.01. The van der Waals surface area contributed by atoms with Gasteiger partial charge >= 0.3 is 0 Å². The zero-order chi connectivity index (χ0) is 8.97. The van der Waals surface area contributed by atoms with E-state index in [2.05, 4.69) is 15.9 Å². The van der Waals surface area contributed by atoms with E-state index in [-0.39, 0.29) is 0 Å². The lowest BCUT2D eigenvalue weighted by Crippen LogP contribution is -2.21. The Morgan fingerprint density at radius 3 is 2.42 bits per heavy atom. The first kappa shape index (κ1) is 9.71. The van der Waals surface area contributed by atoms with Crippen molar-refractivity contribution in [3.63, 3.8) is 0 Å². The SMILES string of the molecule is NCC(O)Cc1ccc(Br)cc1. The van der Waals surface area contributed by atoms with E-state index in [4.69, 9.17) is 5.73 Å². The summed E-state index contributed by atoms with van der Waals surface area (Å²) < 4.78 is 1.05. The van der Waals surface area contributed by atoms with Crippen molar-refractivity contribution in [2.45, 2.75) is 12.5 Å². The molecule has 0 aliphatic rings.